The first-order valence-corrected chi connectivity index (χ1v) is 9.31. The lowest BCUT2D eigenvalue weighted by molar-refractivity contribution is -0.0515. The molecule has 0 unspecified atom stereocenters. The zero-order valence-corrected chi connectivity index (χ0v) is 16.7. The number of thioether (sulfide) groups is 1. The topological polar surface area (TPSA) is 62.8 Å². The molecule has 27 heavy (non-hydrogen) atoms. The van der Waals surface area contributed by atoms with Crippen LogP contribution >= 0.6 is 11.8 Å². The number of aromatic nitrogens is 3. The highest BCUT2D eigenvalue weighted by atomic mass is 32.2. The van der Waals surface area contributed by atoms with E-state index in [9.17, 15) is 8.78 Å². The average Bonchev–Trinajstić information content (AvgIpc) is 2.86. The normalized spacial score (nSPS) is 12.0. The van der Waals surface area contributed by atoms with Gasteiger partial charge in [0.05, 0.1) is 16.1 Å². The minimum absolute atomic E-state index is 0.133. The van der Waals surface area contributed by atoms with E-state index < -0.39 is 6.61 Å². The van der Waals surface area contributed by atoms with Gasteiger partial charge in [-0.2, -0.15) is 13.9 Å². The second kappa shape index (κ2) is 7.34. The van der Waals surface area contributed by atoms with Crippen LogP contribution in [0.15, 0.2) is 29.3 Å². The van der Waals surface area contributed by atoms with Gasteiger partial charge in [0, 0.05) is 33.7 Å². The number of alkyl halides is 2. The Morgan fingerprint density at radius 3 is 2.56 bits per heavy atom. The van der Waals surface area contributed by atoms with Crippen LogP contribution < -0.4 is 10.1 Å². The van der Waals surface area contributed by atoms with Gasteiger partial charge in [0.1, 0.15) is 5.75 Å². The van der Waals surface area contributed by atoms with Gasteiger partial charge in [-0.05, 0) is 26.0 Å². The minimum Gasteiger partial charge on any atom is -0.434 e. The Morgan fingerprint density at radius 1 is 1.22 bits per heavy atom. The lowest BCUT2D eigenvalue weighted by Gasteiger charge is -2.21. The summed E-state index contributed by atoms with van der Waals surface area (Å²) in [6.45, 7) is 7.09. The van der Waals surface area contributed by atoms with Gasteiger partial charge in [0.15, 0.2) is 5.82 Å². The Balaban J connectivity index is 2.10. The van der Waals surface area contributed by atoms with E-state index in [1.54, 1.807) is 12.3 Å². The van der Waals surface area contributed by atoms with Crippen molar-refractivity contribution < 1.29 is 13.5 Å². The van der Waals surface area contributed by atoms with Crippen LogP contribution in [-0.2, 0) is 0 Å². The van der Waals surface area contributed by atoms with Crippen LogP contribution in [0.5, 0.6) is 5.75 Å². The molecule has 3 aromatic rings. The van der Waals surface area contributed by atoms with Gasteiger partial charge < -0.3 is 10.1 Å². The van der Waals surface area contributed by atoms with Crippen molar-refractivity contribution in [1.29, 1.82) is 0 Å². The summed E-state index contributed by atoms with van der Waals surface area (Å²) in [6.07, 6.45) is 1.63. The third-order valence-electron chi connectivity index (χ3n) is 3.95. The molecule has 0 aliphatic rings. The summed E-state index contributed by atoms with van der Waals surface area (Å²) in [5, 5.41) is 11.3. The molecule has 0 radical (unpaired) electrons. The third-order valence-corrected chi connectivity index (χ3v) is 5.10. The van der Waals surface area contributed by atoms with E-state index in [0.717, 1.165) is 28.1 Å². The quantitative estimate of drug-likeness (QED) is 0.537. The van der Waals surface area contributed by atoms with Crippen molar-refractivity contribution >= 4 is 34.2 Å². The number of aryl methyl sites for hydroxylation is 1. The second-order valence-electron chi connectivity index (χ2n) is 7.21. The van der Waals surface area contributed by atoms with Crippen LogP contribution in [0, 0.1) is 13.8 Å². The molecule has 2 N–H and O–H groups in total. The zero-order valence-electron chi connectivity index (χ0n) is 15.9. The summed E-state index contributed by atoms with van der Waals surface area (Å²) in [4.78, 5) is 4.95. The number of H-pyrrole nitrogens is 1. The summed E-state index contributed by atoms with van der Waals surface area (Å²) in [7, 11) is 0. The Bertz CT molecular complexity index is 966. The lowest BCUT2D eigenvalue weighted by atomic mass is 10.1. The monoisotopic (exact) mass is 392 g/mol. The van der Waals surface area contributed by atoms with Crippen molar-refractivity contribution in [3.8, 4) is 5.75 Å². The molecular weight excluding hydrogens is 370 g/mol. The van der Waals surface area contributed by atoms with E-state index in [1.807, 2.05) is 46.8 Å². The first-order valence-electron chi connectivity index (χ1n) is 8.49. The van der Waals surface area contributed by atoms with Crippen molar-refractivity contribution in [1.82, 2.24) is 15.2 Å². The number of rotatable bonds is 5. The maximum absolute atomic E-state index is 12.9. The number of hydrogen-bond acceptors (Lipinski definition) is 5. The molecule has 144 valence electrons. The molecule has 2 aromatic heterocycles. The van der Waals surface area contributed by atoms with E-state index in [-0.39, 0.29) is 10.5 Å². The molecule has 0 spiro atoms. The largest absolute Gasteiger partial charge is 0.434 e. The van der Waals surface area contributed by atoms with Crippen molar-refractivity contribution in [3.05, 3.63) is 35.7 Å². The molecule has 0 amide bonds. The van der Waals surface area contributed by atoms with Gasteiger partial charge in [-0.3, -0.25) is 10.1 Å². The number of nitrogens with zero attached hydrogens (tertiary/aromatic N) is 2. The van der Waals surface area contributed by atoms with Crippen LogP contribution in [0.2, 0.25) is 0 Å². The summed E-state index contributed by atoms with van der Waals surface area (Å²) in [5.74, 6) is 0.854. The number of pyridine rings is 1. The van der Waals surface area contributed by atoms with Crippen molar-refractivity contribution in [2.24, 2.45) is 0 Å². The van der Waals surface area contributed by atoms with Crippen molar-refractivity contribution in [2.75, 3.05) is 5.32 Å². The van der Waals surface area contributed by atoms with Gasteiger partial charge in [-0.1, -0.05) is 20.8 Å². The number of halogens is 2. The molecule has 0 aliphatic heterocycles. The van der Waals surface area contributed by atoms with E-state index in [4.69, 9.17) is 4.74 Å². The van der Waals surface area contributed by atoms with Gasteiger partial charge in [-0.25, -0.2) is 0 Å². The van der Waals surface area contributed by atoms with Crippen molar-refractivity contribution in [3.63, 3.8) is 0 Å². The molecule has 2 heterocycles. The highest BCUT2D eigenvalue weighted by Gasteiger charge is 2.20. The standard InChI is InChI=1S/C19H22F2N4OS/c1-10-11(2)24-25-17(10)23-13-6-7-22-14-9-15(26-18(20)21)16(8-12(13)14)27-19(3,4)5/h6-9,18H,1-5H3,(H2,22,23,24,25). The van der Waals surface area contributed by atoms with Crippen LogP contribution in [0.25, 0.3) is 10.9 Å². The summed E-state index contributed by atoms with van der Waals surface area (Å²) in [6, 6.07) is 5.24. The molecule has 1 aromatic carbocycles. The second-order valence-corrected chi connectivity index (χ2v) is 9.08. The Hall–Kier alpha value is -2.35. The number of hydrogen-bond donors (Lipinski definition) is 2. The minimum atomic E-state index is -2.89. The van der Waals surface area contributed by atoms with E-state index >= 15 is 0 Å². The number of anilines is 2. The summed E-state index contributed by atoms with van der Waals surface area (Å²) < 4.78 is 30.3. The van der Waals surface area contributed by atoms with Gasteiger partial charge >= 0.3 is 6.61 Å². The molecule has 0 saturated carbocycles. The summed E-state index contributed by atoms with van der Waals surface area (Å²) >= 11 is 1.47. The molecule has 0 atom stereocenters. The number of ether oxygens (including phenoxy) is 1. The van der Waals surface area contributed by atoms with Crippen LogP contribution in [0.3, 0.4) is 0 Å². The van der Waals surface area contributed by atoms with Gasteiger partial charge in [0.2, 0.25) is 0 Å². The fraction of sp³-hybridized carbons (Fsp3) is 0.368. The number of benzene rings is 1. The summed E-state index contributed by atoms with van der Waals surface area (Å²) in [5.41, 5.74) is 3.36. The Morgan fingerprint density at radius 2 is 1.96 bits per heavy atom. The first kappa shape index (κ1) is 19.4. The Labute approximate surface area is 160 Å². The number of nitrogens with one attached hydrogen (secondary N) is 2. The molecule has 8 heteroatoms. The molecule has 0 aliphatic carbocycles. The fourth-order valence-corrected chi connectivity index (χ4v) is 3.64. The van der Waals surface area contributed by atoms with Crippen molar-refractivity contribution in [2.45, 2.75) is 50.9 Å². The molecule has 0 fully saturated rings. The third kappa shape index (κ3) is 4.50. The molecule has 5 nitrogen and oxygen atoms in total. The van der Waals surface area contributed by atoms with E-state index in [1.165, 1.54) is 11.8 Å². The molecule has 0 bridgehead atoms. The lowest BCUT2D eigenvalue weighted by Crippen LogP contribution is -2.09. The smallest absolute Gasteiger partial charge is 0.387 e. The maximum atomic E-state index is 12.9. The molecular formula is C19H22F2N4OS. The van der Waals surface area contributed by atoms with Gasteiger partial charge in [0.25, 0.3) is 0 Å². The van der Waals surface area contributed by atoms with Crippen LogP contribution in [0.4, 0.5) is 20.3 Å². The predicted octanol–water partition coefficient (Wildman–Crippen LogP) is 5.81. The Kier molecular flexibility index (Phi) is 5.28. The molecule has 3 rings (SSSR count). The highest BCUT2D eigenvalue weighted by Crippen LogP contribution is 2.42. The highest BCUT2D eigenvalue weighted by molar-refractivity contribution is 8.00. The SMILES string of the molecule is Cc1[nH]nc(Nc2ccnc3cc(OC(F)F)c(SC(C)(C)C)cc23)c1C. The van der Waals surface area contributed by atoms with E-state index in [2.05, 4.69) is 20.5 Å². The van der Waals surface area contributed by atoms with Crippen LogP contribution in [0.1, 0.15) is 32.0 Å². The fourth-order valence-electron chi connectivity index (χ4n) is 2.59. The zero-order chi connectivity index (χ0) is 19.8. The van der Waals surface area contributed by atoms with Crippen LogP contribution in [-0.4, -0.2) is 26.5 Å². The average molecular weight is 392 g/mol. The molecule has 0 saturated heterocycles. The first-order chi connectivity index (χ1) is 12.6. The number of aromatic amines is 1. The van der Waals surface area contributed by atoms with E-state index in [0.29, 0.717) is 10.4 Å². The van der Waals surface area contributed by atoms with Gasteiger partial charge in [-0.15, -0.1) is 11.8 Å². The maximum Gasteiger partial charge on any atom is 0.387 e. The predicted molar refractivity (Wildman–Crippen MR) is 105 cm³/mol. The number of fused-ring (bicyclic) bond motifs is 1.